The van der Waals surface area contributed by atoms with Gasteiger partial charge in [0.1, 0.15) is 0 Å². The molecule has 3 aliphatic carbocycles. The molecule has 0 saturated heterocycles. The van der Waals surface area contributed by atoms with Crippen molar-refractivity contribution in [1.29, 1.82) is 0 Å². The second kappa shape index (κ2) is 47.2. The Morgan fingerprint density at radius 1 is 0.316 bits per heavy atom. The smallest absolute Gasteiger partial charge is 0.0665 e. The van der Waals surface area contributed by atoms with Gasteiger partial charge in [-0.1, -0.05) is 202 Å². The van der Waals surface area contributed by atoms with Crippen molar-refractivity contribution in [3.63, 3.8) is 0 Å². The van der Waals surface area contributed by atoms with Crippen LogP contribution in [0.4, 0.5) is 11.4 Å². The summed E-state index contributed by atoms with van der Waals surface area (Å²) < 4.78 is 0. The van der Waals surface area contributed by atoms with Gasteiger partial charge < -0.3 is 0 Å². The number of fused-ring (bicyclic) bond motifs is 7. The maximum absolute atomic E-state index is 4.49. The highest BCUT2D eigenvalue weighted by Crippen LogP contribution is 2.30. The molecule has 6 heterocycles. The van der Waals surface area contributed by atoms with Crippen LogP contribution >= 0.6 is 0 Å². The number of nitrogens with zero attached hydrogens (tertiary/aromatic N) is 6. The van der Waals surface area contributed by atoms with Crippen LogP contribution in [0.1, 0.15) is 268 Å². The summed E-state index contributed by atoms with van der Waals surface area (Å²) in [5.41, 5.74) is 37.1. The molecule has 6 heteroatoms. The third-order valence-corrected chi connectivity index (χ3v) is 17.0. The average Bonchev–Trinajstić information content (AvgIpc) is 1.97. The number of rotatable bonds is 2. The van der Waals surface area contributed by atoms with Crippen molar-refractivity contribution in [1.82, 2.24) is 9.97 Å². The second-order valence-electron chi connectivity index (χ2n) is 23.6. The Morgan fingerprint density at radius 3 is 1.37 bits per heavy atom. The van der Waals surface area contributed by atoms with Crippen molar-refractivity contribution in [3.8, 4) is 0 Å². The molecule has 95 heavy (non-hydrogen) atoms. The normalized spacial score (nSPS) is 12.0. The highest BCUT2D eigenvalue weighted by atomic mass is 14.8. The maximum Gasteiger partial charge on any atom is 0.0665 e. The van der Waals surface area contributed by atoms with Crippen LogP contribution in [-0.4, -0.2) is 34.8 Å². The summed E-state index contributed by atoms with van der Waals surface area (Å²) in [5.74, 6) is 0. The van der Waals surface area contributed by atoms with Crippen LogP contribution in [0.3, 0.4) is 0 Å². The second-order valence-corrected chi connectivity index (χ2v) is 23.6. The van der Waals surface area contributed by atoms with E-state index < -0.39 is 0 Å². The molecule has 0 unspecified atom stereocenters. The third-order valence-electron chi connectivity index (χ3n) is 17.0. The maximum atomic E-state index is 4.49. The lowest BCUT2D eigenvalue weighted by Crippen LogP contribution is -1.93. The summed E-state index contributed by atoms with van der Waals surface area (Å²) in [5, 5.41) is 0. The van der Waals surface area contributed by atoms with Gasteiger partial charge in [0, 0.05) is 55.5 Å². The zero-order chi connectivity index (χ0) is 71.7. The van der Waals surface area contributed by atoms with E-state index in [9.17, 15) is 0 Å². The molecule has 514 valence electrons. The van der Waals surface area contributed by atoms with Crippen LogP contribution in [0.2, 0.25) is 0 Å². The van der Waals surface area contributed by atoms with E-state index in [0.29, 0.717) is 0 Å². The molecule has 0 spiro atoms. The zero-order valence-corrected chi connectivity index (χ0v) is 65.2. The van der Waals surface area contributed by atoms with Gasteiger partial charge in [-0.2, -0.15) is 0 Å². The minimum absolute atomic E-state index is 0.871. The summed E-state index contributed by atoms with van der Waals surface area (Å²) in [6.07, 6.45) is 31.4. The van der Waals surface area contributed by atoms with Gasteiger partial charge in [-0.15, -0.1) is 0 Å². The van der Waals surface area contributed by atoms with E-state index in [1.54, 1.807) is 0 Å². The van der Waals surface area contributed by atoms with Crippen LogP contribution < -0.4 is 0 Å². The Hall–Kier alpha value is -7.70. The lowest BCUT2D eigenvalue weighted by Gasteiger charge is -2.04. The van der Waals surface area contributed by atoms with E-state index in [0.717, 1.165) is 73.7 Å². The van der Waals surface area contributed by atoms with Gasteiger partial charge in [0.2, 0.25) is 0 Å². The topological polar surface area (TPSA) is 75.2 Å². The van der Waals surface area contributed by atoms with E-state index in [1.807, 2.05) is 94.1 Å². The number of benzene rings is 5. The van der Waals surface area contributed by atoms with Crippen LogP contribution in [0.15, 0.2) is 111 Å². The Morgan fingerprint density at radius 2 is 0.747 bits per heavy atom. The van der Waals surface area contributed by atoms with Crippen molar-refractivity contribution < 1.29 is 0 Å². The number of allylic oxidation sites excluding steroid dienone is 3. The molecule has 5 aromatic carbocycles. The molecular weight excluding hydrogens is 1150 g/mol. The first-order chi connectivity index (χ1) is 45.8. The van der Waals surface area contributed by atoms with Crippen molar-refractivity contribution in [3.05, 3.63) is 236 Å². The fourth-order valence-corrected chi connectivity index (χ4v) is 10.0. The number of pyridine rings is 2. The quantitative estimate of drug-likeness (QED) is 0.173. The van der Waals surface area contributed by atoms with E-state index in [1.165, 1.54) is 154 Å². The van der Waals surface area contributed by atoms with Gasteiger partial charge >= 0.3 is 0 Å². The predicted molar refractivity (Wildman–Crippen MR) is 429 cm³/mol. The molecule has 0 N–H and O–H groups in total. The van der Waals surface area contributed by atoms with Crippen molar-refractivity contribution in [2.24, 2.45) is 20.0 Å². The molecule has 0 fully saturated rings. The monoisotopic (exact) mass is 1280 g/mol. The lowest BCUT2D eigenvalue weighted by molar-refractivity contribution is 0.886. The summed E-state index contributed by atoms with van der Waals surface area (Å²) in [7, 11) is 0. The summed E-state index contributed by atoms with van der Waals surface area (Å²) in [4.78, 5) is 25.9. The Labute approximate surface area is 582 Å². The van der Waals surface area contributed by atoms with Crippen molar-refractivity contribution in [2.75, 3.05) is 0 Å². The van der Waals surface area contributed by atoms with Gasteiger partial charge in [0.25, 0.3) is 0 Å². The minimum atomic E-state index is 0.871. The first kappa shape index (κ1) is 85.3. The van der Waals surface area contributed by atoms with Gasteiger partial charge in [0.15, 0.2) is 0 Å². The van der Waals surface area contributed by atoms with Gasteiger partial charge in [-0.3, -0.25) is 29.9 Å². The summed E-state index contributed by atoms with van der Waals surface area (Å²) >= 11 is 0. The predicted octanol–water partition coefficient (Wildman–Crippen LogP) is 25.7. The van der Waals surface area contributed by atoms with Gasteiger partial charge in [0.05, 0.1) is 35.9 Å². The van der Waals surface area contributed by atoms with Crippen LogP contribution in [-0.2, 0) is 45.2 Å². The average molecular weight is 1280 g/mol. The summed E-state index contributed by atoms with van der Waals surface area (Å²) in [6.45, 7) is 60.3. The van der Waals surface area contributed by atoms with E-state index >= 15 is 0 Å². The molecule has 0 bridgehead atoms. The number of aliphatic imine (C=N–C) groups is 4. The fourth-order valence-electron chi connectivity index (χ4n) is 10.0. The minimum Gasteiger partial charge on any atom is -0.288 e. The van der Waals surface area contributed by atoms with Crippen LogP contribution in [0.25, 0.3) is 18.2 Å². The number of unbranched alkanes of at least 4 members (excludes halogenated alkanes) is 2. The Balaban J connectivity index is 0.000000532. The SMILES string of the molecule is CC.CC.CC.CC.CC.CCCC.CCCC.Cc1cc2c(cc1C)CC=C2.Cc1cc2c(cc1C)CN=C2.Cc1cc2c(cc1C)N=CC2.Cc1cc2c(nc1C)C=CC2.Cc1cc2c(nc1C)CC=C2.Cc1ccc2c(c1C)CC=N2.Cc1ccc2c(c1C)CN=C2. The molecule has 7 aromatic rings. The van der Waals surface area contributed by atoms with Crippen molar-refractivity contribution >= 4 is 54.5 Å². The number of aromatic nitrogens is 2. The largest absolute Gasteiger partial charge is 0.288 e. The first-order valence-electron chi connectivity index (χ1n) is 36.2. The fraction of sp³-hybridized carbons (Fsp3) is 0.438. The molecule has 0 amide bonds. The third kappa shape index (κ3) is 27.1. The molecule has 0 saturated carbocycles. The van der Waals surface area contributed by atoms with Crippen LogP contribution in [0, 0.1) is 96.9 Å². The van der Waals surface area contributed by atoms with E-state index in [4.69, 9.17) is 0 Å². The molecular formula is C89H128N6. The molecule has 0 radical (unpaired) electrons. The van der Waals surface area contributed by atoms with Gasteiger partial charge in [-0.25, -0.2) is 0 Å². The zero-order valence-electron chi connectivity index (χ0n) is 65.2. The van der Waals surface area contributed by atoms with Crippen LogP contribution in [0.5, 0.6) is 0 Å². The highest BCUT2D eigenvalue weighted by Gasteiger charge is 2.13. The standard InChI is InChI=1S/C11H12.6C10H11N.2C4H10.5C2H6/c1-8-6-10-4-3-5-11(10)7-9(8)2;1-7-3-9-5-11-6-10(9)4-8(7)2;1-7-5-9-3-4-11-10(9)6-8(7)2;1-7-3-4-9-5-11-6-10(9)8(7)2;1-7-3-4-10-9(8(7)2)5-6-11-10;2*1-7-6-9-4-3-5-10(9)11-8(7)2;2*1-3-4-2;5*1-2/h3-4,6-7H,5H2,1-2H3;3-5H,6H2,1-2H3;4-6H,3H2,1-2H3;3-5H,6H2,1-2H3;3-4,6H,5H2,1-2H3;3,5-6H,4H2,1-2H3;3-4,6H,5H2,1-2H3;2*3-4H2,1-2H3;5*1-2H3. The molecule has 7 aliphatic rings. The Kier molecular flexibility index (Phi) is 42.4. The number of hydrogen-bond donors (Lipinski definition) is 0. The number of hydrogen-bond acceptors (Lipinski definition) is 6. The Bertz CT molecular complexity index is 3200. The highest BCUT2D eigenvalue weighted by molar-refractivity contribution is 5.86. The summed E-state index contributed by atoms with van der Waals surface area (Å²) in [6, 6.07) is 26.4. The molecule has 14 rings (SSSR count). The molecule has 6 nitrogen and oxygen atoms in total. The molecule has 2 aromatic heterocycles. The van der Waals surface area contributed by atoms with E-state index in [2.05, 4.69) is 264 Å². The number of aryl methyl sites for hydroxylation is 12. The molecule has 4 aliphatic heterocycles. The molecule has 0 atom stereocenters. The van der Waals surface area contributed by atoms with E-state index in [-0.39, 0.29) is 0 Å². The van der Waals surface area contributed by atoms with Gasteiger partial charge in [-0.05, 0) is 263 Å². The lowest BCUT2D eigenvalue weighted by atomic mass is 10.00. The van der Waals surface area contributed by atoms with Crippen molar-refractivity contribution in [2.45, 2.75) is 265 Å². The first-order valence-corrected chi connectivity index (χ1v) is 36.2.